The largest absolute Gasteiger partial charge is 0.319 e. The Morgan fingerprint density at radius 2 is 2.41 bits per heavy atom. The van der Waals surface area contributed by atoms with Gasteiger partial charge in [0.25, 0.3) is 0 Å². The van der Waals surface area contributed by atoms with Crippen LogP contribution in [-0.2, 0) is 13.6 Å². The summed E-state index contributed by atoms with van der Waals surface area (Å²) in [5.41, 5.74) is 0. The zero-order valence-corrected chi connectivity index (χ0v) is 10.5. The average molecular weight is 247 g/mol. The minimum Gasteiger partial charge on any atom is -0.319 e. The fourth-order valence-electron chi connectivity index (χ4n) is 1.56. The number of nitriles is 1. The van der Waals surface area contributed by atoms with Gasteiger partial charge in [-0.05, 0) is 19.1 Å². The molecule has 6 heteroatoms. The highest BCUT2D eigenvalue weighted by Gasteiger charge is 2.10. The smallest absolute Gasteiger partial charge is 0.149 e. The van der Waals surface area contributed by atoms with Crippen LogP contribution in [0.4, 0.5) is 0 Å². The van der Waals surface area contributed by atoms with Crippen LogP contribution in [0.15, 0.2) is 18.5 Å². The van der Waals surface area contributed by atoms with Crippen LogP contribution in [0.3, 0.4) is 0 Å². The number of aromatic nitrogens is 3. The van der Waals surface area contributed by atoms with E-state index in [1.54, 1.807) is 6.33 Å². The first-order chi connectivity index (χ1) is 8.20. The van der Waals surface area contributed by atoms with E-state index in [0.29, 0.717) is 0 Å². The summed E-state index contributed by atoms with van der Waals surface area (Å²) in [6, 6.07) is 6.08. The Morgan fingerprint density at radius 1 is 1.59 bits per heavy atom. The number of aryl methyl sites for hydroxylation is 1. The minimum absolute atomic E-state index is 0.134. The topological polar surface area (TPSA) is 66.5 Å². The van der Waals surface area contributed by atoms with Gasteiger partial charge >= 0.3 is 0 Å². The van der Waals surface area contributed by atoms with Gasteiger partial charge in [0.05, 0.1) is 6.04 Å². The van der Waals surface area contributed by atoms with E-state index < -0.39 is 0 Å². The first kappa shape index (κ1) is 11.8. The van der Waals surface area contributed by atoms with Crippen molar-refractivity contribution in [2.24, 2.45) is 7.05 Å². The Hall–Kier alpha value is -1.71. The molecule has 0 amide bonds. The van der Waals surface area contributed by atoms with E-state index >= 15 is 0 Å². The van der Waals surface area contributed by atoms with Crippen LogP contribution in [0.25, 0.3) is 0 Å². The van der Waals surface area contributed by atoms with E-state index in [2.05, 4.69) is 21.6 Å². The highest BCUT2D eigenvalue weighted by atomic mass is 32.1. The van der Waals surface area contributed by atoms with Gasteiger partial charge in [-0.2, -0.15) is 5.26 Å². The zero-order chi connectivity index (χ0) is 12.3. The maximum absolute atomic E-state index is 8.73. The van der Waals surface area contributed by atoms with E-state index in [1.165, 1.54) is 11.3 Å². The molecule has 0 radical (unpaired) electrons. The van der Waals surface area contributed by atoms with Gasteiger partial charge in [0, 0.05) is 18.5 Å². The molecule has 0 aliphatic carbocycles. The molecule has 1 atom stereocenters. The summed E-state index contributed by atoms with van der Waals surface area (Å²) >= 11 is 1.51. The SMILES string of the molecule is CC(NCc1ccc(C#N)s1)c1nncn1C. The molecule has 0 spiro atoms. The Morgan fingerprint density at radius 3 is 3.00 bits per heavy atom. The van der Waals surface area contributed by atoms with Gasteiger partial charge in [0.2, 0.25) is 0 Å². The minimum atomic E-state index is 0.134. The van der Waals surface area contributed by atoms with Gasteiger partial charge in [-0.1, -0.05) is 0 Å². The predicted octanol–water partition coefficient (Wildman–Crippen LogP) is 1.60. The van der Waals surface area contributed by atoms with Crippen LogP contribution in [0.2, 0.25) is 0 Å². The van der Waals surface area contributed by atoms with Gasteiger partial charge in [-0.15, -0.1) is 21.5 Å². The molecule has 0 bridgehead atoms. The maximum atomic E-state index is 8.73. The molecule has 0 fully saturated rings. The van der Waals surface area contributed by atoms with Crippen molar-refractivity contribution in [3.8, 4) is 6.07 Å². The van der Waals surface area contributed by atoms with Crippen molar-refractivity contribution >= 4 is 11.3 Å². The number of nitrogens with one attached hydrogen (secondary N) is 1. The molecule has 1 N–H and O–H groups in total. The average Bonchev–Trinajstić information content (AvgIpc) is 2.94. The summed E-state index contributed by atoms with van der Waals surface area (Å²) in [7, 11) is 1.92. The Bertz CT molecular complexity index is 536. The van der Waals surface area contributed by atoms with Crippen LogP contribution >= 0.6 is 11.3 Å². The summed E-state index contributed by atoms with van der Waals surface area (Å²) in [5.74, 6) is 0.905. The maximum Gasteiger partial charge on any atom is 0.149 e. The Balaban J connectivity index is 1.95. The first-order valence-corrected chi connectivity index (χ1v) is 6.08. The highest BCUT2D eigenvalue weighted by molar-refractivity contribution is 7.12. The fraction of sp³-hybridized carbons (Fsp3) is 0.364. The van der Waals surface area contributed by atoms with E-state index in [1.807, 2.05) is 30.7 Å². The van der Waals surface area contributed by atoms with Crippen LogP contribution in [0.1, 0.15) is 28.5 Å². The molecule has 2 aromatic heterocycles. The van der Waals surface area contributed by atoms with Crippen molar-refractivity contribution in [3.05, 3.63) is 34.0 Å². The van der Waals surface area contributed by atoms with Gasteiger partial charge in [-0.25, -0.2) is 0 Å². The molecule has 1 unspecified atom stereocenters. The molecule has 0 aromatic carbocycles. The Labute approximate surface area is 104 Å². The van der Waals surface area contributed by atoms with Crippen molar-refractivity contribution in [1.29, 1.82) is 5.26 Å². The van der Waals surface area contributed by atoms with Crippen molar-refractivity contribution in [2.75, 3.05) is 0 Å². The molecule has 2 heterocycles. The summed E-state index contributed by atoms with van der Waals surface area (Å²) in [4.78, 5) is 1.89. The lowest BCUT2D eigenvalue weighted by molar-refractivity contribution is 0.531. The second-order valence-electron chi connectivity index (χ2n) is 3.78. The zero-order valence-electron chi connectivity index (χ0n) is 9.71. The molecule has 0 aliphatic rings. The van der Waals surface area contributed by atoms with E-state index in [0.717, 1.165) is 22.1 Å². The van der Waals surface area contributed by atoms with Gasteiger partial charge in [-0.3, -0.25) is 0 Å². The molecule has 0 saturated carbocycles. The molecule has 2 rings (SSSR count). The molecule has 5 nitrogen and oxygen atoms in total. The summed E-state index contributed by atoms with van der Waals surface area (Å²) in [6.07, 6.45) is 1.69. The summed E-state index contributed by atoms with van der Waals surface area (Å²) in [5, 5.41) is 20.0. The van der Waals surface area contributed by atoms with Gasteiger partial charge in [0.15, 0.2) is 0 Å². The second-order valence-corrected chi connectivity index (χ2v) is 4.95. The third-order valence-corrected chi connectivity index (χ3v) is 3.48. The van der Waals surface area contributed by atoms with Crippen LogP contribution in [-0.4, -0.2) is 14.8 Å². The normalized spacial score (nSPS) is 12.3. The number of nitrogens with zero attached hydrogens (tertiary/aromatic N) is 4. The van der Waals surface area contributed by atoms with Crippen molar-refractivity contribution < 1.29 is 0 Å². The van der Waals surface area contributed by atoms with Crippen LogP contribution in [0.5, 0.6) is 0 Å². The predicted molar refractivity (Wildman–Crippen MR) is 65.3 cm³/mol. The molecular weight excluding hydrogens is 234 g/mol. The third kappa shape index (κ3) is 2.70. The van der Waals surface area contributed by atoms with Gasteiger partial charge < -0.3 is 9.88 Å². The van der Waals surface area contributed by atoms with Crippen molar-refractivity contribution in [1.82, 2.24) is 20.1 Å². The lowest BCUT2D eigenvalue weighted by atomic mass is 10.3. The van der Waals surface area contributed by atoms with E-state index in [-0.39, 0.29) is 6.04 Å². The number of hydrogen-bond acceptors (Lipinski definition) is 5. The summed E-state index contributed by atoms with van der Waals surface area (Å²) < 4.78 is 1.90. The lowest BCUT2D eigenvalue weighted by Gasteiger charge is -2.11. The molecule has 0 saturated heterocycles. The molecule has 0 aliphatic heterocycles. The van der Waals surface area contributed by atoms with E-state index in [9.17, 15) is 0 Å². The van der Waals surface area contributed by atoms with Gasteiger partial charge in [0.1, 0.15) is 23.1 Å². The number of thiophene rings is 1. The number of rotatable bonds is 4. The molecule has 2 aromatic rings. The highest BCUT2D eigenvalue weighted by Crippen LogP contribution is 2.16. The van der Waals surface area contributed by atoms with Crippen LogP contribution < -0.4 is 5.32 Å². The second kappa shape index (κ2) is 5.08. The first-order valence-electron chi connectivity index (χ1n) is 5.27. The van der Waals surface area contributed by atoms with Crippen LogP contribution in [0, 0.1) is 11.3 Å². The van der Waals surface area contributed by atoms with Crippen molar-refractivity contribution in [2.45, 2.75) is 19.5 Å². The number of hydrogen-bond donors (Lipinski definition) is 1. The molecule has 17 heavy (non-hydrogen) atoms. The third-order valence-electron chi connectivity index (χ3n) is 2.49. The van der Waals surface area contributed by atoms with E-state index in [4.69, 9.17) is 5.26 Å². The fourth-order valence-corrected chi connectivity index (χ4v) is 2.32. The quantitative estimate of drug-likeness (QED) is 0.891. The summed E-state index contributed by atoms with van der Waals surface area (Å²) in [6.45, 7) is 2.78. The van der Waals surface area contributed by atoms with Crippen molar-refractivity contribution in [3.63, 3.8) is 0 Å². The molecule has 88 valence electrons. The lowest BCUT2D eigenvalue weighted by Crippen LogP contribution is -2.20. The monoisotopic (exact) mass is 247 g/mol. The Kier molecular flexibility index (Phi) is 3.52. The standard InChI is InChI=1S/C11H13N5S/c1-8(11-15-14-7-16(11)2)13-6-10-4-3-9(5-12)17-10/h3-4,7-8,13H,6H2,1-2H3. The molecular formula is C11H13N5S.